The number of hydrogen-bond acceptors (Lipinski definition) is 7. The van der Waals surface area contributed by atoms with Crippen LogP contribution in [0.15, 0.2) is 180 Å². The summed E-state index contributed by atoms with van der Waals surface area (Å²) in [6.45, 7) is 0. The predicted molar refractivity (Wildman–Crippen MR) is 228 cm³/mol. The number of aromatic nitrogens is 5. The SMILES string of the molecule is c1ccc(-c2nc(-c3ccccc3)nc(-c3cccc4c3sc3cccc(-c5ccc(-c6nc(-c7ccccc7)nc7c6oc6ccccc67)cc5)c34)n2)cc1. The molecule has 0 fully saturated rings. The first kappa shape index (κ1) is 32.1. The van der Waals surface area contributed by atoms with Crippen molar-refractivity contribution in [1.82, 2.24) is 24.9 Å². The Morgan fingerprint density at radius 1 is 0.375 bits per heavy atom. The molecule has 0 radical (unpaired) electrons. The van der Waals surface area contributed by atoms with Gasteiger partial charge in [0.05, 0.1) is 0 Å². The first-order valence-corrected chi connectivity index (χ1v) is 19.2. The van der Waals surface area contributed by atoms with Crippen LogP contribution in [-0.4, -0.2) is 24.9 Å². The van der Waals surface area contributed by atoms with Gasteiger partial charge in [0, 0.05) is 53.4 Å². The summed E-state index contributed by atoms with van der Waals surface area (Å²) in [6.07, 6.45) is 0. The van der Waals surface area contributed by atoms with Gasteiger partial charge in [0.15, 0.2) is 28.9 Å². The molecule has 0 unspecified atom stereocenters. The second-order valence-electron chi connectivity index (χ2n) is 13.6. The van der Waals surface area contributed by atoms with Gasteiger partial charge < -0.3 is 4.42 Å². The zero-order chi connectivity index (χ0) is 37.0. The van der Waals surface area contributed by atoms with Crippen LogP contribution in [-0.2, 0) is 0 Å². The third kappa shape index (κ3) is 5.44. The van der Waals surface area contributed by atoms with Crippen molar-refractivity contribution in [2.45, 2.75) is 0 Å². The van der Waals surface area contributed by atoms with Crippen LogP contribution in [0.4, 0.5) is 0 Å². The number of rotatable bonds is 6. The molecule has 0 aliphatic heterocycles. The molecule has 0 bridgehead atoms. The van der Waals surface area contributed by atoms with Crippen LogP contribution >= 0.6 is 11.3 Å². The van der Waals surface area contributed by atoms with Crippen molar-refractivity contribution < 1.29 is 4.42 Å². The Morgan fingerprint density at radius 2 is 0.911 bits per heavy atom. The third-order valence-corrected chi connectivity index (χ3v) is 11.4. The van der Waals surface area contributed by atoms with Crippen LogP contribution in [0, 0.1) is 0 Å². The minimum absolute atomic E-state index is 0.646. The highest BCUT2D eigenvalue weighted by Crippen LogP contribution is 2.44. The van der Waals surface area contributed by atoms with Crippen LogP contribution < -0.4 is 0 Å². The van der Waals surface area contributed by atoms with Crippen molar-refractivity contribution in [3.8, 4) is 67.9 Å². The molecule has 11 aromatic rings. The predicted octanol–water partition coefficient (Wildman–Crippen LogP) is 12.9. The largest absolute Gasteiger partial charge is 0.452 e. The van der Waals surface area contributed by atoms with Gasteiger partial charge in [-0.05, 0) is 35.4 Å². The summed E-state index contributed by atoms with van der Waals surface area (Å²) < 4.78 is 8.75. The van der Waals surface area contributed by atoms with Gasteiger partial charge in [0.1, 0.15) is 16.8 Å². The third-order valence-electron chi connectivity index (χ3n) is 10.2. The molecule has 262 valence electrons. The molecule has 6 nitrogen and oxygen atoms in total. The maximum Gasteiger partial charge on any atom is 0.180 e. The molecule has 0 aliphatic rings. The molecular weight excluding hydrogens is 707 g/mol. The zero-order valence-corrected chi connectivity index (χ0v) is 30.6. The monoisotopic (exact) mass is 735 g/mol. The summed E-state index contributed by atoms with van der Waals surface area (Å²) in [6, 6.07) is 60.0. The van der Waals surface area contributed by atoms with E-state index >= 15 is 0 Å². The molecule has 0 saturated carbocycles. The Labute approximate surface area is 325 Å². The Bertz CT molecular complexity index is 3180. The smallest absolute Gasteiger partial charge is 0.180 e. The van der Waals surface area contributed by atoms with Gasteiger partial charge in [-0.2, -0.15) is 0 Å². The van der Waals surface area contributed by atoms with E-state index in [1.54, 1.807) is 11.3 Å². The number of hydrogen-bond donors (Lipinski definition) is 0. The number of furan rings is 1. The fourth-order valence-corrected chi connectivity index (χ4v) is 8.74. The molecule has 4 heterocycles. The van der Waals surface area contributed by atoms with Gasteiger partial charge in [-0.3, -0.25) is 0 Å². The fourth-order valence-electron chi connectivity index (χ4n) is 7.50. The van der Waals surface area contributed by atoms with Crippen molar-refractivity contribution in [3.63, 3.8) is 0 Å². The van der Waals surface area contributed by atoms with Gasteiger partial charge in [-0.15, -0.1) is 11.3 Å². The summed E-state index contributed by atoms with van der Waals surface area (Å²) in [5.74, 6) is 2.61. The molecule has 56 heavy (non-hydrogen) atoms. The lowest BCUT2D eigenvalue weighted by Crippen LogP contribution is -2.00. The average molecular weight is 736 g/mol. The van der Waals surface area contributed by atoms with Crippen LogP contribution in [0.5, 0.6) is 0 Å². The van der Waals surface area contributed by atoms with Gasteiger partial charge in [0.25, 0.3) is 0 Å². The van der Waals surface area contributed by atoms with E-state index in [0.29, 0.717) is 28.9 Å². The van der Waals surface area contributed by atoms with Gasteiger partial charge in [0.2, 0.25) is 0 Å². The molecule has 0 spiro atoms. The second-order valence-corrected chi connectivity index (χ2v) is 14.7. The Hall–Kier alpha value is -7.35. The number of nitrogens with zero attached hydrogens (tertiary/aromatic N) is 5. The van der Waals surface area contributed by atoms with E-state index in [1.807, 2.05) is 109 Å². The van der Waals surface area contributed by atoms with Crippen LogP contribution in [0.25, 0.3) is 110 Å². The quantitative estimate of drug-likeness (QED) is 0.169. The topological polar surface area (TPSA) is 77.6 Å². The van der Waals surface area contributed by atoms with Crippen LogP contribution in [0.2, 0.25) is 0 Å². The van der Waals surface area contributed by atoms with E-state index in [2.05, 4.69) is 66.7 Å². The van der Waals surface area contributed by atoms with Crippen LogP contribution in [0.1, 0.15) is 0 Å². The van der Waals surface area contributed by atoms with Crippen molar-refractivity contribution in [2.75, 3.05) is 0 Å². The highest BCUT2D eigenvalue weighted by Gasteiger charge is 2.20. The minimum atomic E-state index is 0.646. The lowest BCUT2D eigenvalue weighted by atomic mass is 9.97. The molecule has 0 amide bonds. The van der Waals surface area contributed by atoms with E-state index in [-0.39, 0.29) is 0 Å². The maximum atomic E-state index is 6.41. The van der Waals surface area contributed by atoms with E-state index in [1.165, 1.54) is 10.1 Å². The Balaban J connectivity index is 1.04. The molecule has 7 heteroatoms. The van der Waals surface area contributed by atoms with Crippen molar-refractivity contribution in [1.29, 1.82) is 0 Å². The molecule has 0 atom stereocenters. The van der Waals surface area contributed by atoms with Gasteiger partial charge in [-0.1, -0.05) is 152 Å². The fraction of sp³-hybridized carbons (Fsp3) is 0. The first-order valence-electron chi connectivity index (χ1n) is 18.4. The average Bonchev–Trinajstić information content (AvgIpc) is 3.86. The van der Waals surface area contributed by atoms with E-state index in [0.717, 1.165) is 71.2 Å². The van der Waals surface area contributed by atoms with E-state index in [9.17, 15) is 0 Å². The minimum Gasteiger partial charge on any atom is -0.452 e. The molecule has 7 aromatic carbocycles. The Morgan fingerprint density at radius 3 is 1.59 bits per heavy atom. The summed E-state index contributed by atoms with van der Waals surface area (Å²) in [7, 11) is 0. The standard InChI is InChI=1S/C49H29N5OS/c1-4-14-32(15-5-1)46-50-42(44-43(51-46)36-20-10-11-24-39(36)55-44)31-28-26-30(27-29-31)35-21-13-25-40-41(35)37-22-12-23-38(45(37)56-40)49-53-47(33-16-6-2-7-17-33)52-48(54-49)34-18-8-3-9-19-34/h1-29H. The first-order chi connectivity index (χ1) is 27.7. The van der Waals surface area contributed by atoms with Crippen molar-refractivity contribution in [2.24, 2.45) is 0 Å². The number of thiophene rings is 1. The highest BCUT2D eigenvalue weighted by molar-refractivity contribution is 7.26. The van der Waals surface area contributed by atoms with Gasteiger partial charge >= 0.3 is 0 Å². The normalized spacial score (nSPS) is 11.6. The molecule has 0 N–H and O–H groups in total. The zero-order valence-electron chi connectivity index (χ0n) is 29.8. The van der Waals surface area contributed by atoms with Crippen LogP contribution in [0.3, 0.4) is 0 Å². The van der Waals surface area contributed by atoms with Crippen molar-refractivity contribution >= 4 is 53.6 Å². The number of fused-ring (bicyclic) bond motifs is 6. The van der Waals surface area contributed by atoms with E-state index in [4.69, 9.17) is 29.3 Å². The lowest BCUT2D eigenvalue weighted by molar-refractivity contribution is 0.667. The summed E-state index contributed by atoms with van der Waals surface area (Å²) in [5, 5.41) is 3.34. The van der Waals surface area contributed by atoms with E-state index < -0.39 is 0 Å². The van der Waals surface area contributed by atoms with Gasteiger partial charge in [-0.25, -0.2) is 24.9 Å². The summed E-state index contributed by atoms with van der Waals surface area (Å²) in [5.41, 5.74) is 10.1. The molecule has 0 saturated heterocycles. The summed E-state index contributed by atoms with van der Waals surface area (Å²) in [4.78, 5) is 25.1. The lowest BCUT2D eigenvalue weighted by Gasteiger charge is -2.10. The maximum absolute atomic E-state index is 6.41. The number of para-hydroxylation sites is 1. The molecule has 4 aromatic heterocycles. The number of benzene rings is 7. The van der Waals surface area contributed by atoms with Crippen molar-refractivity contribution in [3.05, 3.63) is 176 Å². The summed E-state index contributed by atoms with van der Waals surface area (Å²) >= 11 is 1.77. The molecular formula is C49H29N5OS. The molecule has 0 aliphatic carbocycles. The Kier molecular flexibility index (Phi) is 7.57. The second kappa shape index (κ2) is 13.2. The highest BCUT2D eigenvalue weighted by atomic mass is 32.1. The molecule has 11 rings (SSSR count).